The molecule has 2 atom stereocenters. The highest BCUT2D eigenvalue weighted by Crippen LogP contribution is 2.36. The van der Waals surface area contributed by atoms with Crippen LogP contribution in [0.5, 0.6) is 11.5 Å². The largest absolute Gasteiger partial charge is 0.496 e. The van der Waals surface area contributed by atoms with Gasteiger partial charge in [-0.15, -0.1) is 0 Å². The molecule has 1 aromatic heterocycles. The van der Waals surface area contributed by atoms with Crippen LogP contribution in [0.3, 0.4) is 0 Å². The molecule has 0 amide bonds. The van der Waals surface area contributed by atoms with E-state index in [1.807, 2.05) is 31.2 Å². The van der Waals surface area contributed by atoms with Crippen molar-refractivity contribution in [3.05, 3.63) is 53.3 Å². The summed E-state index contributed by atoms with van der Waals surface area (Å²) in [6.07, 6.45) is 3.47. The molecule has 0 saturated carbocycles. The molecule has 0 aliphatic carbocycles. The minimum atomic E-state index is -0.765. The van der Waals surface area contributed by atoms with Gasteiger partial charge in [0.15, 0.2) is 0 Å². The zero-order valence-electron chi connectivity index (χ0n) is 15.3. The Morgan fingerprint density at radius 3 is 2.69 bits per heavy atom. The number of nitrogens with zero attached hydrogens (tertiary/aromatic N) is 2. The van der Waals surface area contributed by atoms with E-state index in [4.69, 9.17) is 9.47 Å². The lowest BCUT2D eigenvalue weighted by atomic mass is 9.90. The zero-order chi connectivity index (χ0) is 18.7. The maximum atomic E-state index is 11.8. The van der Waals surface area contributed by atoms with Crippen molar-refractivity contribution in [1.29, 1.82) is 0 Å². The SMILES string of the molecule is COc1ccc(CN2C[C@H](C(=O)O)[C@@H](c3cccnc3)C2)c(OC)c1C. The predicted octanol–water partition coefficient (Wildman–Crippen LogP) is 2.71. The van der Waals surface area contributed by atoms with Crippen LogP contribution in [-0.2, 0) is 11.3 Å². The number of pyridine rings is 1. The highest BCUT2D eigenvalue weighted by molar-refractivity contribution is 5.72. The molecular formula is C20H24N2O4. The Morgan fingerprint density at radius 1 is 1.27 bits per heavy atom. The third-order valence-electron chi connectivity index (χ3n) is 5.08. The second-order valence-electron chi connectivity index (χ2n) is 6.62. The maximum absolute atomic E-state index is 11.8. The standard InChI is InChI=1S/C20H24N2O4/c1-13-18(25-2)7-6-15(19(13)26-3)10-22-11-16(17(12-22)20(23)24)14-5-4-8-21-9-14/h4-9,16-17H,10-12H2,1-3H3,(H,23,24)/t16-,17+/m1/s1. The van der Waals surface area contributed by atoms with Crippen LogP contribution in [0.4, 0.5) is 0 Å². The van der Waals surface area contributed by atoms with Crippen LogP contribution in [0, 0.1) is 12.8 Å². The first-order chi connectivity index (χ1) is 12.5. The Morgan fingerprint density at radius 2 is 2.08 bits per heavy atom. The number of benzene rings is 1. The van der Waals surface area contributed by atoms with Crippen molar-refractivity contribution < 1.29 is 19.4 Å². The van der Waals surface area contributed by atoms with Crippen molar-refractivity contribution >= 4 is 5.97 Å². The van der Waals surface area contributed by atoms with Crippen LogP contribution < -0.4 is 9.47 Å². The van der Waals surface area contributed by atoms with Gasteiger partial charge in [-0.3, -0.25) is 14.7 Å². The molecule has 1 aromatic carbocycles. The predicted molar refractivity (Wildman–Crippen MR) is 97.7 cm³/mol. The molecule has 6 heteroatoms. The van der Waals surface area contributed by atoms with Crippen molar-refractivity contribution in [1.82, 2.24) is 9.88 Å². The molecule has 26 heavy (non-hydrogen) atoms. The van der Waals surface area contributed by atoms with Gasteiger partial charge in [0.2, 0.25) is 0 Å². The van der Waals surface area contributed by atoms with E-state index in [0.717, 1.165) is 28.2 Å². The third kappa shape index (κ3) is 3.51. The van der Waals surface area contributed by atoms with Gasteiger partial charge in [-0.25, -0.2) is 0 Å². The van der Waals surface area contributed by atoms with E-state index in [0.29, 0.717) is 19.6 Å². The van der Waals surface area contributed by atoms with Crippen LogP contribution in [0.15, 0.2) is 36.7 Å². The average Bonchev–Trinajstić information content (AvgIpc) is 3.07. The van der Waals surface area contributed by atoms with E-state index in [-0.39, 0.29) is 5.92 Å². The summed E-state index contributed by atoms with van der Waals surface area (Å²) < 4.78 is 10.9. The summed E-state index contributed by atoms with van der Waals surface area (Å²) in [5.41, 5.74) is 2.95. The van der Waals surface area contributed by atoms with Crippen LogP contribution in [0.25, 0.3) is 0 Å². The molecule has 3 rings (SSSR count). The minimum absolute atomic E-state index is 0.0634. The van der Waals surface area contributed by atoms with Crippen molar-refractivity contribution in [2.45, 2.75) is 19.4 Å². The van der Waals surface area contributed by atoms with Gasteiger partial charge >= 0.3 is 5.97 Å². The number of carboxylic acids is 1. The number of rotatable bonds is 6. The third-order valence-corrected chi connectivity index (χ3v) is 5.08. The lowest BCUT2D eigenvalue weighted by Gasteiger charge is -2.20. The number of carboxylic acid groups (broad SMARTS) is 1. The Hall–Kier alpha value is -2.60. The minimum Gasteiger partial charge on any atom is -0.496 e. The van der Waals surface area contributed by atoms with E-state index in [2.05, 4.69) is 9.88 Å². The van der Waals surface area contributed by atoms with Gasteiger partial charge in [0.25, 0.3) is 0 Å². The normalized spacial score (nSPS) is 20.1. The molecule has 0 spiro atoms. The Labute approximate surface area is 153 Å². The molecule has 0 radical (unpaired) electrons. The average molecular weight is 356 g/mol. The van der Waals surface area contributed by atoms with Gasteiger partial charge in [-0.05, 0) is 24.6 Å². The summed E-state index contributed by atoms with van der Waals surface area (Å²) >= 11 is 0. The highest BCUT2D eigenvalue weighted by Gasteiger charge is 2.38. The number of ether oxygens (including phenoxy) is 2. The molecule has 1 aliphatic heterocycles. The summed E-state index contributed by atoms with van der Waals surface area (Å²) in [7, 11) is 3.28. The van der Waals surface area contributed by atoms with Gasteiger partial charge in [0.05, 0.1) is 20.1 Å². The molecule has 138 valence electrons. The second-order valence-corrected chi connectivity index (χ2v) is 6.62. The molecule has 1 fully saturated rings. The van der Waals surface area contributed by atoms with Gasteiger partial charge in [0, 0.05) is 49.1 Å². The molecule has 6 nitrogen and oxygen atoms in total. The second kappa shape index (κ2) is 7.74. The first kappa shape index (κ1) is 18.2. The number of methoxy groups -OCH3 is 2. The fourth-order valence-corrected chi connectivity index (χ4v) is 3.80. The van der Waals surface area contributed by atoms with Crippen LogP contribution >= 0.6 is 0 Å². The van der Waals surface area contributed by atoms with Gasteiger partial charge in [-0.1, -0.05) is 12.1 Å². The Bertz CT molecular complexity index is 779. The van der Waals surface area contributed by atoms with Crippen LogP contribution in [0.2, 0.25) is 0 Å². The summed E-state index contributed by atoms with van der Waals surface area (Å²) in [5.74, 6) is 0.306. The smallest absolute Gasteiger partial charge is 0.308 e. The maximum Gasteiger partial charge on any atom is 0.308 e. The van der Waals surface area contributed by atoms with E-state index >= 15 is 0 Å². The number of aliphatic carboxylic acids is 1. The van der Waals surface area contributed by atoms with E-state index < -0.39 is 11.9 Å². The lowest BCUT2D eigenvalue weighted by molar-refractivity contribution is -0.141. The molecular weight excluding hydrogens is 332 g/mol. The molecule has 1 N–H and O–H groups in total. The van der Waals surface area contributed by atoms with Crippen molar-refractivity contribution in [2.24, 2.45) is 5.92 Å². The van der Waals surface area contributed by atoms with Crippen LogP contribution in [0.1, 0.15) is 22.6 Å². The van der Waals surface area contributed by atoms with Gasteiger partial charge in [0.1, 0.15) is 11.5 Å². The van der Waals surface area contributed by atoms with Crippen LogP contribution in [-0.4, -0.2) is 48.3 Å². The van der Waals surface area contributed by atoms with Crippen molar-refractivity contribution in [3.8, 4) is 11.5 Å². The van der Waals surface area contributed by atoms with E-state index in [9.17, 15) is 9.90 Å². The van der Waals surface area contributed by atoms with E-state index in [1.165, 1.54) is 0 Å². The summed E-state index contributed by atoms with van der Waals surface area (Å²) in [6, 6.07) is 7.72. The summed E-state index contributed by atoms with van der Waals surface area (Å²) in [5, 5.41) is 9.65. The number of hydrogen-bond donors (Lipinski definition) is 1. The molecule has 2 aromatic rings. The summed E-state index contributed by atoms with van der Waals surface area (Å²) in [4.78, 5) is 18.1. The Kier molecular flexibility index (Phi) is 5.42. The molecule has 2 heterocycles. The molecule has 0 unspecified atom stereocenters. The molecule has 1 aliphatic rings. The van der Waals surface area contributed by atoms with Crippen molar-refractivity contribution in [3.63, 3.8) is 0 Å². The number of hydrogen-bond acceptors (Lipinski definition) is 5. The fraction of sp³-hybridized carbons (Fsp3) is 0.400. The quantitative estimate of drug-likeness (QED) is 0.858. The first-order valence-corrected chi connectivity index (χ1v) is 8.60. The first-order valence-electron chi connectivity index (χ1n) is 8.60. The van der Waals surface area contributed by atoms with E-state index in [1.54, 1.807) is 26.6 Å². The monoisotopic (exact) mass is 356 g/mol. The van der Waals surface area contributed by atoms with Gasteiger partial charge in [-0.2, -0.15) is 0 Å². The molecule has 1 saturated heterocycles. The zero-order valence-corrected chi connectivity index (χ0v) is 15.3. The van der Waals surface area contributed by atoms with Crippen molar-refractivity contribution in [2.75, 3.05) is 27.3 Å². The lowest BCUT2D eigenvalue weighted by Crippen LogP contribution is -2.23. The number of aromatic nitrogens is 1. The van der Waals surface area contributed by atoms with Gasteiger partial charge < -0.3 is 14.6 Å². The molecule has 0 bridgehead atoms. The topological polar surface area (TPSA) is 71.9 Å². The highest BCUT2D eigenvalue weighted by atomic mass is 16.5. The Balaban J connectivity index is 1.83. The summed E-state index contributed by atoms with van der Waals surface area (Å²) in [6.45, 7) is 3.78. The number of likely N-dealkylation sites (tertiary alicyclic amines) is 1. The fourth-order valence-electron chi connectivity index (χ4n) is 3.80. The number of carbonyl (C=O) groups is 1.